The van der Waals surface area contributed by atoms with Crippen LogP contribution in [0.5, 0.6) is 0 Å². The van der Waals surface area contributed by atoms with E-state index in [4.69, 9.17) is 4.98 Å². The zero-order chi connectivity index (χ0) is 23.7. The van der Waals surface area contributed by atoms with Crippen LogP contribution in [0.2, 0.25) is 0 Å². The molecule has 0 unspecified atom stereocenters. The van der Waals surface area contributed by atoms with Crippen molar-refractivity contribution < 1.29 is 9.90 Å². The topological polar surface area (TPSA) is 88.3 Å². The number of thiazole rings is 1. The number of aliphatic hydroxyl groups is 1. The van der Waals surface area contributed by atoms with E-state index in [9.17, 15) is 14.7 Å². The first-order chi connectivity index (χ1) is 16.5. The molecule has 8 heteroatoms. The average molecular weight is 475 g/mol. The van der Waals surface area contributed by atoms with Crippen molar-refractivity contribution in [3.05, 3.63) is 76.1 Å². The quantitative estimate of drug-likeness (QED) is 0.439. The largest absolute Gasteiger partial charge is 0.392 e. The molecule has 5 rings (SSSR count). The smallest absolute Gasteiger partial charge is 0.281 e. The van der Waals surface area contributed by atoms with Gasteiger partial charge in [0, 0.05) is 25.6 Å². The Bertz CT molecular complexity index is 1380. The summed E-state index contributed by atoms with van der Waals surface area (Å²) in [4.78, 5) is 38.2. The number of nitrogens with zero attached hydrogens (tertiary/aromatic N) is 4. The molecule has 7 nitrogen and oxygen atoms in total. The van der Waals surface area contributed by atoms with E-state index in [1.807, 2.05) is 54.6 Å². The molecule has 1 aliphatic heterocycles. The lowest BCUT2D eigenvalue weighted by molar-refractivity contribution is -0.120. The van der Waals surface area contributed by atoms with E-state index in [1.165, 1.54) is 15.9 Å². The molecule has 174 valence electrons. The molecule has 0 radical (unpaired) electrons. The molecule has 0 aliphatic carbocycles. The van der Waals surface area contributed by atoms with Crippen LogP contribution in [-0.2, 0) is 24.9 Å². The van der Waals surface area contributed by atoms with Crippen molar-refractivity contribution in [1.29, 1.82) is 0 Å². The summed E-state index contributed by atoms with van der Waals surface area (Å²) in [5.41, 5.74) is 2.88. The van der Waals surface area contributed by atoms with Crippen LogP contribution < -0.4 is 10.5 Å². The maximum atomic E-state index is 13.1. The van der Waals surface area contributed by atoms with Crippen LogP contribution in [0, 0.1) is 0 Å². The second-order valence-corrected chi connectivity index (χ2v) is 9.56. The van der Waals surface area contributed by atoms with Gasteiger partial charge in [-0.15, -0.1) is 0 Å². The standard InChI is InChI=1S/C26H26N4O3S/c1-29-23(19-12-9-18(16-31)10-13-19)28-24-22(25(29)33)27-26(34-24)30-15-5-8-20(30)21(32)14-11-17-6-3-2-4-7-17/h2-4,6-7,9-10,12-13,20,31H,5,8,11,14-16H2,1H3/t20-/m1/s1. The van der Waals surface area contributed by atoms with Crippen molar-refractivity contribution >= 4 is 32.6 Å². The van der Waals surface area contributed by atoms with Crippen LogP contribution in [0.1, 0.15) is 30.4 Å². The van der Waals surface area contributed by atoms with Crippen molar-refractivity contribution in [1.82, 2.24) is 14.5 Å². The van der Waals surface area contributed by atoms with E-state index < -0.39 is 0 Å². The summed E-state index contributed by atoms with van der Waals surface area (Å²) >= 11 is 1.37. The number of carbonyl (C=O) groups is 1. The molecule has 0 spiro atoms. The van der Waals surface area contributed by atoms with Crippen molar-refractivity contribution in [2.75, 3.05) is 11.4 Å². The zero-order valence-electron chi connectivity index (χ0n) is 19.0. The molecule has 3 heterocycles. The van der Waals surface area contributed by atoms with Gasteiger partial charge in [0.1, 0.15) is 5.82 Å². The van der Waals surface area contributed by atoms with Crippen LogP contribution in [0.3, 0.4) is 0 Å². The highest BCUT2D eigenvalue weighted by atomic mass is 32.1. The molecule has 4 aromatic rings. The lowest BCUT2D eigenvalue weighted by Crippen LogP contribution is -2.36. The van der Waals surface area contributed by atoms with Gasteiger partial charge in [-0.2, -0.15) is 0 Å². The fourth-order valence-electron chi connectivity index (χ4n) is 4.49. The highest BCUT2D eigenvalue weighted by Crippen LogP contribution is 2.33. The van der Waals surface area contributed by atoms with Crippen LogP contribution in [0.4, 0.5) is 5.13 Å². The van der Waals surface area contributed by atoms with Crippen LogP contribution in [0.15, 0.2) is 59.4 Å². The van der Waals surface area contributed by atoms with Crippen molar-refractivity contribution in [2.24, 2.45) is 7.05 Å². The van der Waals surface area contributed by atoms with Gasteiger partial charge in [0.25, 0.3) is 5.56 Å². The molecule has 0 saturated carbocycles. The number of hydrogen-bond donors (Lipinski definition) is 1. The monoisotopic (exact) mass is 474 g/mol. The molecule has 34 heavy (non-hydrogen) atoms. The van der Waals surface area contributed by atoms with E-state index in [2.05, 4.69) is 9.88 Å². The van der Waals surface area contributed by atoms with E-state index in [-0.39, 0.29) is 24.0 Å². The van der Waals surface area contributed by atoms with Gasteiger partial charge < -0.3 is 10.0 Å². The average Bonchev–Trinajstić information content (AvgIpc) is 3.53. The Kier molecular flexibility index (Phi) is 6.26. The number of benzene rings is 2. The Hall–Kier alpha value is -3.36. The summed E-state index contributed by atoms with van der Waals surface area (Å²) in [6.45, 7) is 0.711. The predicted octanol–water partition coefficient (Wildman–Crippen LogP) is 3.72. The predicted molar refractivity (Wildman–Crippen MR) is 134 cm³/mol. The Labute approximate surface area is 201 Å². The highest BCUT2D eigenvalue weighted by molar-refractivity contribution is 7.21. The first-order valence-corrected chi connectivity index (χ1v) is 12.3. The molecule has 2 aromatic carbocycles. The van der Waals surface area contributed by atoms with Crippen LogP contribution in [0.25, 0.3) is 21.7 Å². The van der Waals surface area contributed by atoms with E-state index in [0.717, 1.165) is 42.5 Å². The summed E-state index contributed by atoms with van der Waals surface area (Å²) < 4.78 is 1.51. The molecule has 1 aliphatic rings. The van der Waals surface area contributed by atoms with Gasteiger partial charge in [-0.3, -0.25) is 14.2 Å². The van der Waals surface area contributed by atoms with Crippen LogP contribution in [-0.4, -0.2) is 38.0 Å². The third-order valence-electron chi connectivity index (χ3n) is 6.40. The number of ketones is 1. The second kappa shape index (κ2) is 9.48. The van der Waals surface area contributed by atoms with E-state index in [1.54, 1.807) is 7.05 Å². The lowest BCUT2D eigenvalue weighted by Gasteiger charge is -2.22. The third-order valence-corrected chi connectivity index (χ3v) is 7.38. The fraction of sp³-hybridized carbons (Fsp3) is 0.308. The fourth-order valence-corrected chi connectivity index (χ4v) is 5.50. The normalized spacial score (nSPS) is 15.8. The van der Waals surface area contributed by atoms with Crippen LogP contribution >= 0.6 is 11.3 Å². The Morgan fingerprint density at radius 2 is 1.85 bits per heavy atom. The van der Waals surface area contributed by atoms with Gasteiger partial charge in [0.15, 0.2) is 21.3 Å². The number of aromatic nitrogens is 3. The first-order valence-electron chi connectivity index (χ1n) is 11.5. The molecule has 1 saturated heterocycles. The van der Waals surface area contributed by atoms with Gasteiger partial charge >= 0.3 is 0 Å². The minimum Gasteiger partial charge on any atom is -0.392 e. The van der Waals surface area contributed by atoms with E-state index >= 15 is 0 Å². The van der Waals surface area contributed by atoms with Crippen molar-refractivity contribution in [2.45, 2.75) is 38.3 Å². The summed E-state index contributed by atoms with van der Waals surface area (Å²) in [6, 6.07) is 17.2. The highest BCUT2D eigenvalue weighted by Gasteiger charge is 2.32. The zero-order valence-corrected chi connectivity index (χ0v) is 19.8. The Balaban J connectivity index is 1.42. The Morgan fingerprint density at radius 3 is 2.59 bits per heavy atom. The maximum absolute atomic E-state index is 13.1. The minimum atomic E-state index is -0.210. The summed E-state index contributed by atoms with van der Waals surface area (Å²) in [5.74, 6) is 0.764. The molecule has 0 amide bonds. The molecular weight excluding hydrogens is 448 g/mol. The van der Waals surface area contributed by atoms with Gasteiger partial charge in [-0.25, -0.2) is 9.97 Å². The number of carbonyl (C=O) groups excluding carboxylic acids is 1. The van der Waals surface area contributed by atoms with Gasteiger partial charge in [0.2, 0.25) is 0 Å². The third kappa shape index (κ3) is 4.26. The number of Topliss-reactive ketones (excluding diaryl/α,β-unsaturated/α-hetero) is 1. The number of hydrogen-bond acceptors (Lipinski definition) is 7. The van der Waals surface area contributed by atoms with E-state index in [0.29, 0.717) is 27.7 Å². The summed E-state index contributed by atoms with van der Waals surface area (Å²) in [7, 11) is 1.69. The molecule has 1 N–H and O–H groups in total. The Morgan fingerprint density at radius 1 is 1.09 bits per heavy atom. The number of anilines is 1. The number of rotatable bonds is 7. The first kappa shape index (κ1) is 22.4. The molecule has 0 bridgehead atoms. The minimum absolute atomic E-state index is 0.0368. The van der Waals surface area contributed by atoms with Gasteiger partial charge in [-0.1, -0.05) is 65.9 Å². The SMILES string of the molecule is Cn1c(-c2ccc(CO)cc2)nc2sc(N3CCC[C@@H]3C(=O)CCc3ccccc3)nc2c1=O. The summed E-state index contributed by atoms with van der Waals surface area (Å²) in [6.07, 6.45) is 2.94. The number of aliphatic hydroxyl groups excluding tert-OH is 1. The lowest BCUT2D eigenvalue weighted by atomic mass is 10.0. The summed E-state index contributed by atoms with van der Waals surface area (Å²) in [5, 5.41) is 9.97. The molecular formula is C26H26N4O3S. The van der Waals surface area contributed by atoms with Gasteiger partial charge in [0.05, 0.1) is 12.6 Å². The molecule has 1 fully saturated rings. The van der Waals surface area contributed by atoms with Crippen molar-refractivity contribution in [3.63, 3.8) is 0 Å². The number of fused-ring (bicyclic) bond motifs is 1. The van der Waals surface area contributed by atoms with Gasteiger partial charge in [-0.05, 0) is 30.4 Å². The molecule has 1 atom stereocenters. The van der Waals surface area contributed by atoms with Crippen molar-refractivity contribution in [3.8, 4) is 11.4 Å². The molecule has 2 aromatic heterocycles. The number of aryl methyl sites for hydroxylation is 1. The maximum Gasteiger partial charge on any atom is 0.281 e. The second-order valence-electron chi connectivity index (χ2n) is 8.61.